The number of benzene rings is 1. The maximum absolute atomic E-state index is 12.2. The van der Waals surface area contributed by atoms with Crippen molar-refractivity contribution in [1.82, 2.24) is 14.5 Å². The van der Waals surface area contributed by atoms with Crippen molar-refractivity contribution in [3.8, 4) is 0 Å². The number of nitrogens with zero attached hydrogens (tertiary/aromatic N) is 2. The Morgan fingerprint density at radius 2 is 2.20 bits per heavy atom. The van der Waals surface area contributed by atoms with Gasteiger partial charge in [0.1, 0.15) is 0 Å². The average molecular weight is 273 g/mol. The minimum atomic E-state index is 0.0240. The molecule has 0 spiro atoms. The van der Waals surface area contributed by atoms with Gasteiger partial charge in [-0.1, -0.05) is 25.5 Å². The molecule has 1 atom stereocenters. The molecule has 1 fully saturated rings. The van der Waals surface area contributed by atoms with Crippen molar-refractivity contribution < 1.29 is 0 Å². The van der Waals surface area contributed by atoms with Gasteiger partial charge in [-0.25, -0.2) is 4.79 Å². The van der Waals surface area contributed by atoms with E-state index in [0.29, 0.717) is 6.04 Å². The van der Waals surface area contributed by atoms with E-state index in [9.17, 15) is 4.79 Å². The van der Waals surface area contributed by atoms with E-state index < -0.39 is 0 Å². The Labute approximate surface area is 119 Å². The van der Waals surface area contributed by atoms with Crippen molar-refractivity contribution in [3.05, 3.63) is 34.2 Å². The summed E-state index contributed by atoms with van der Waals surface area (Å²) >= 11 is 0. The van der Waals surface area contributed by atoms with Crippen LogP contribution >= 0.6 is 0 Å². The van der Waals surface area contributed by atoms with Gasteiger partial charge in [-0.05, 0) is 44.5 Å². The number of aromatic nitrogens is 2. The normalized spacial score (nSPS) is 20.6. The summed E-state index contributed by atoms with van der Waals surface area (Å²) in [5.74, 6) is 0. The first-order valence-corrected chi connectivity index (χ1v) is 7.63. The smallest absolute Gasteiger partial charge is 0.306 e. The summed E-state index contributed by atoms with van der Waals surface area (Å²) in [6, 6.07) is 6.55. The lowest BCUT2D eigenvalue weighted by molar-refractivity contribution is 0.140. The highest BCUT2D eigenvalue weighted by Crippen LogP contribution is 2.21. The molecule has 1 aromatic heterocycles. The van der Waals surface area contributed by atoms with Gasteiger partial charge in [-0.3, -0.25) is 9.47 Å². The summed E-state index contributed by atoms with van der Waals surface area (Å²) in [4.78, 5) is 17.7. The fourth-order valence-electron chi connectivity index (χ4n) is 3.47. The number of aryl methyl sites for hydroxylation is 1. The molecule has 20 heavy (non-hydrogen) atoms. The van der Waals surface area contributed by atoms with Crippen molar-refractivity contribution in [2.24, 2.45) is 0 Å². The Bertz CT molecular complexity index is 655. The number of hydrogen-bond acceptors (Lipinski definition) is 2. The fourth-order valence-corrected chi connectivity index (χ4v) is 3.47. The molecule has 1 aliphatic rings. The van der Waals surface area contributed by atoms with Crippen LogP contribution in [0.15, 0.2) is 23.0 Å². The molecule has 1 aromatic carbocycles. The number of hydrogen-bond donors (Lipinski definition) is 1. The van der Waals surface area contributed by atoms with E-state index in [2.05, 4.69) is 29.8 Å². The van der Waals surface area contributed by atoms with E-state index in [1.54, 1.807) is 0 Å². The first kappa shape index (κ1) is 13.4. The second kappa shape index (κ2) is 5.44. The lowest BCUT2D eigenvalue weighted by Crippen LogP contribution is -2.43. The predicted octanol–water partition coefficient (Wildman–Crippen LogP) is 2.51. The van der Waals surface area contributed by atoms with E-state index >= 15 is 0 Å². The maximum atomic E-state index is 12.2. The topological polar surface area (TPSA) is 41.0 Å². The summed E-state index contributed by atoms with van der Waals surface area (Å²) in [6.45, 7) is 7.32. The van der Waals surface area contributed by atoms with Crippen molar-refractivity contribution >= 4 is 11.0 Å². The Hall–Kier alpha value is -1.55. The van der Waals surface area contributed by atoms with Gasteiger partial charge in [0.25, 0.3) is 0 Å². The third-order valence-electron chi connectivity index (χ3n) is 4.54. The summed E-state index contributed by atoms with van der Waals surface area (Å²) in [7, 11) is 0. The van der Waals surface area contributed by atoms with E-state index in [-0.39, 0.29) is 5.69 Å². The van der Waals surface area contributed by atoms with Gasteiger partial charge >= 0.3 is 5.69 Å². The molecule has 0 amide bonds. The largest absolute Gasteiger partial charge is 0.326 e. The van der Waals surface area contributed by atoms with E-state index in [4.69, 9.17) is 0 Å². The molecule has 0 saturated carbocycles. The predicted molar refractivity (Wildman–Crippen MR) is 82.2 cm³/mol. The molecular formula is C16H23N3O. The fraction of sp³-hybridized carbons (Fsp3) is 0.562. The standard InChI is InChI=1S/C16H23N3O/c1-3-18-10-5-4-8-13(18)11-19-15-12(2)7-6-9-14(15)17-16(19)20/h6-7,9,13H,3-5,8,10-11H2,1-2H3,(H,17,20). The Kier molecular flexibility index (Phi) is 3.66. The number of piperidine rings is 1. The van der Waals surface area contributed by atoms with Gasteiger partial charge in [-0.15, -0.1) is 0 Å². The van der Waals surface area contributed by atoms with Gasteiger partial charge in [0.05, 0.1) is 11.0 Å². The van der Waals surface area contributed by atoms with Crippen molar-refractivity contribution in [3.63, 3.8) is 0 Å². The number of fused-ring (bicyclic) bond motifs is 1. The highest BCUT2D eigenvalue weighted by molar-refractivity contribution is 5.78. The Morgan fingerprint density at radius 3 is 3.00 bits per heavy atom. The third kappa shape index (κ3) is 2.29. The quantitative estimate of drug-likeness (QED) is 0.933. The van der Waals surface area contributed by atoms with Gasteiger partial charge in [0, 0.05) is 12.6 Å². The molecule has 4 heteroatoms. The second-order valence-electron chi connectivity index (χ2n) is 5.79. The van der Waals surface area contributed by atoms with Crippen molar-refractivity contribution in [2.75, 3.05) is 13.1 Å². The number of para-hydroxylation sites is 1. The van der Waals surface area contributed by atoms with Gasteiger partial charge in [0.2, 0.25) is 0 Å². The van der Waals surface area contributed by atoms with Crippen LogP contribution in [0.3, 0.4) is 0 Å². The minimum Gasteiger partial charge on any atom is -0.306 e. The number of imidazole rings is 1. The Morgan fingerprint density at radius 1 is 1.35 bits per heavy atom. The SMILES string of the molecule is CCN1CCCCC1Cn1c(=O)[nH]c2cccc(C)c21. The molecule has 108 valence electrons. The molecule has 1 N–H and O–H groups in total. The summed E-state index contributed by atoms with van der Waals surface area (Å²) in [5.41, 5.74) is 3.21. The third-order valence-corrected chi connectivity index (χ3v) is 4.54. The van der Waals surface area contributed by atoms with E-state index in [1.165, 1.54) is 24.8 Å². The molecule has 1 unspecified atom stereocenters. The van der Waals surface area contributed by atoms with E-state index in [0.717, 1.165) is 30.7 Å². The molecular weight excluding hydrogens is 250 g/mol. The molecule has 1 aliphatic heterocycles. The van der Waals surface area contributed by atoms with Crippen molar-refractivity contribution in [2.45, 2.75) is 45.7 Å². The molecule has 3 rings (SSSR count). The molecule has 0 aliphatic carbocycles. The second-order valence-corrected chi connectivity index (χ2v) is 5.79. The van der Waals surface area contributed by atoms with Crippen molar-refractivity contribution in [1.29, 1.82) is 0 Å². The summed E-state index contributed by atoms with van der Waals surface area (Å²) in [6.07, 6.45) is 3.75. The highest BCUT2D eigenvalue weighted by Gasteiger charge is 2.23. The zero-order chi connectivity index (χ0) is 14.1. The van der Waals surface area contributed by atoms with Crippen LogP contribution < -0.4 is 5.69 Å². The van der Waals surface area contributed by atoms with Crippen LogP contribution in [-0.2, 0) is 6.54 Å². The van der Waals surface area contributed by atoms with Gasteiger partial charge in [0.15, 0.2) is 0 Å². The van der Waals surface area contributed by atoms with Crippen LogP contribution in [0.2, 0.25) is 0 Å². The number of likely N-dealkylation sites (N-methyl/N-ethyl adjacent to an activating group) is 1. The first-order chi connectivity index (χ1) is 9.70. The maximum Gasteiger partial charge on any atom is 0.326 e. The Balaban J connectivity index is 1.98. The van der Waals surface area contributed by atoms with E-state index in [1.807, 2.05) is 16.7 Å². The molecule has 0 bridgehead atoms. The first-order valence-electron chi connectivity index (χ1n) is 7.63. The zero-order valence-electron chi connectivity index (χ0n) is 12.4. The van der Waals surface area contributed by atoms with Crippen LogP contribution in [0.5, 0.6) is 0 Å². The van der Waals surface area contributed by atoms with Crippen LogP contribution in [0, 0.1) is 6.92 Å². The molecule has 2 heterocycles. The van der Waals surface area contributed by atoms with Crippen LogP contribution in [0.25, 0.3) is 11.0 Å². The number of aromatic amines is 1. The minimum absolute atomic E-state index is 0.0240. The summed E-state index contributed by atoms with van der Waals surface area (Å²) in [5, 5.41) is 0. The molecule has 1 saturated heterocycles. The monoisotopic (exact) mass is 273 g/mol. The number of rotatable bonds is 3. The average Bonchev–Trinajstić information content (AvgIpc) is 2.77. The lowest BCUT2D eigenvalue weighted by Gasteiger charge is -2.35. The van der Waals surface area contributed by atoms with Crippen LogP contribution in [-0.4, -0.2) is 33.6 Å². The molecule has 2 aromatic rings. The molecule has 0 radical (unpaired) electrons. The van der Waals surface area contributed by atoms with Crippen LogP contribution in [0.4, 0.5) is 0 Å². The number of nitrogens with one attached hydrogen (secondary N) is 1. The highest BCUT2D eigenvalue weighted by atomic mass is 16.1. The molecule has 4 nitrogen and oxygen atoms in total. The number of H-pyrrole nitrogens is 1. The zero-order valence-corrected chi connectivity index (χ0v) is 12.4. The van der Waals surface area contributed by atoms with Gasteiger partial charge < -0.3 is 4.98 Å². The number of likely N-dealkylation sites (tertiary alicyclic amines) is 1. The summed E-state index contributed by atoms with van der Waals surface area (Å²) < 4.78 is 1.93. The van der Waals surface area contributed by atoms with Gasteiger partial charge in [-0.2, -0.15) is 0 Å². The lowest BCUT2D eigenvalue weighted by atomic mass is 10.0. The van der Waals surface area contributed by atoms with Crippen LogP contribution in [0.1, 0.15) is 31.7 Å².